The van der Waals surface area contributed by atoms with Crippen LogP contribution in [0.15, 0.2) is 41.5 Å². The van der Waals surface area contributed by atoms with Crippen molar-refractivity contribution in [1.29, 1.82) is 0 Å². The molecule has 17 heavy (non-hydrogen) atoms. The van der Waals surface area contributed by atoms with Crippen molar-refractivity contribution < 1.29 is 0 Å². The first-order valence-electron chi connectivity index (χ1n) is 5.42. The first-order chi connectivity index (χ1) is 8.43. The fourth-order valence-corrected chi connectivity index (χ4v) is 2.33. The second kappa shape index (κ2) is 4.65. The average molecular weight is 244 g/mol. The standard InChI is InChI=1S/C12H12N4S/c1-2-4-16-12(3-1)10(6-15-16)5-13-7-11-8-17-9-14-11/h1-4,6,8-9,13H,5,7H2. The highest BCUT2D eigenvalue weighted by molar-refractivity contribution is 7.07. The molecule has 0 radical (unpaired) electrons. The van der Waals surface area contributed by atoms with Crippen molar-refractivity contribution in [2.24, 2.45) is 0 Å². The Hall–Kier alpha value is -1.72. The molecule has 0 saturated heterocycles. The monoisotopic (exact) mass is 244 g/mol. The quantitative estimate of drug-likeness (QED) is 0.764. The predicted molar refractivity (Wildman–Crippen MR) is 67.8 cm³/mol. The van der Waals surface area contributed by atoms with Crippen molar-refractivity contribution in [2.45, 2.75) is 13.1 Å². The van der Waals surface area contributed by atoms with Gasteiger partial charge in [0, 0.05) is 30.2 Å². The lowest BCUT2D eigenvalue weighted by Gasteiger charge is -2.01. The Morgan fingerprint density at radius 1 is 1.29 bits per heavy atom. The van der Waals surface area contributed by atoms with Crippen LogP contribution in [0.5, 0.6) is 0 Å². The van der Waals surface area contributed by atoms with Crippen LogP contribution >= 0.6 is 11.3 Å². The fourth-order valence-electron chi connectivity index (χ4n) is 1.77. The van der Waals surface area contributed by atoms with Gasteiger partial charge in [-0.05, 0) is 12.1 Å². The van der Waals surface area contributed by atoms with Crippen LogP contribution < -0.4 is 5.32 Å². The molecule has 0 aliphatic rings. The maximum absolute atomic E-state index is 4.30. The summed E-state index contributed by atoms with van der Waals surface area (Å²) in [6.45, 7) is 1.61. The summed E-state index contributed by atoms with van der Waals surface area (Å²) in [6.07, 6.45) is 3.86. The topological polar surface area (TPSA) is 42.2 Å². The zero-order valence-electron chi connectivity index (χ0n) is 9.21. The SMILES string of the molecule is c1ccn2ncc(CNCc3cscn3)c2c1. The van der Waals surface area contributed by atoms with Gasteiger partial charge < -0.3 is 5.32 Å². The summed E-state index contributed by atoms with van der Waals surface area (Å²) in [5.41, 5.74) is 5.30. The molecule has 5 heteroatoms. The van der Waals surface area contributed by atoms with Crippen molar-refractivity contribution in [3.05, 3.63) is 52.7 Å². The fraction of sp³-hybridized carbons (Fsp3) is 0.167. The number of nitrogens with zero attached hydrogens (tertiary/aromatic N) is 3. The zero-order valence-corrected chi connectivity index (χ0v) is 10.0. The summed E-state index contributed by atoms with van der Waals surface area (Å²) in [6, 6.07) is 6.08. The molecular weight excluding hydrogens is 232 g/mol. The molecule has 0 saturated carbocycles. The number of hydrogen-bond acceptors (Lipinski definition) is 4. The molecule has 0 spiro atoms. The highest BCUT2D eigenvalue weighted by atomic mass is 32.1. The van der Waals surface area contributed by atoms with Crippen molar-refractivity contribution in [1.82, 2.24) is 19.9 Å². The van der Waals surface area contributed by atoms with Gasteiger partial charge in [0.15, 0.2) is 0 Å². The molecule has 3 aromatic rings. The van der Waals surface area contributed by atoms with E-state index in [1.807, 2.05) is 34.6 Å². The zero-order chi connectivity index (χ0) is 11.5. The third-order valence-corrected chi connectivity index (χ3v) is 3.25. The summed E-state index contributed by atoms with van der Waals surface area (Å²) in [7, 11) is 0. The molecule has 0 aliphatic heterocycles. The predicted octanol–water partition coefficient (Wildman–Crippen LogP) is 2.08. The maximum atomic E-state index is 4.30. The molecule has 0 atom stereocenters. The van der Waals surface area contributed by atoms with E-state index in [2.05, 4.69) is 26.8 Å². The Balaban J connectivity index is 1.69. The summed E-state index contributed by atoms with van der Waals surface area (Å²) in [5.74, 6) is 0. The molecule has 86 valence electrons. The van der Waals surface area contributed by atoms with Gasteiger partial charge in [0.25, 0.3) is 0 Å². The molecule has 0 fully saturated rings. The van der Waals surface area contributed by atoms with E-state index in [0.29, 0.717) is 0 Å². The van der Waals surface area contributed by atoms with Crippen molar-refractivity contribution in [2.75, 3.05) is 0 Å². The first-order valence-corrected chi connectivity index (χ1v) is 6.37. The molecule has 3 heterocycles. The number of thiazole rings is 1. The molecule has 0 unspecified atom stereocenters. The maximum Gasteiger partial charge on any atom is 0.0795 e. The lowest BCUT2D eigenvalue weighted by Crippen LogP contribution is -2.12. The third-order valence-electron chi connectivity index (χ3n) is 2.61. The molecule has 4 nitrogen and oxygen atoms in total. The van der Waals surface area contributed by atoms with Crippen LogP contribution in [0.2, 0.25) is 0 Å². The molecule has 0 amide bonds. The number of nitrogens with one attached hydrogen (secondary N) is 1. The number of fused-ring (bicyclic) bond motifs is 1. The van der Waals surface area contributed by atoms with E-state index in [-0.39, 0.29) is 0 Å². The minimum absolute atomic E-state index is 0.799. The Morgan fingerprint density at radius 2 is 2.29 bits per heavy atom. The molecule has 3 rings (SSSR count). The summed E-state index contributed by atoms with van der Waals surface area (Å²) in [4.78, 5) is 4.23. The van der Waals surface area contributed by atoms with E-state index in [1.54, 1.807) is 11.3 Å². The third kappa shape index (κ3) is 2.20. The summed E-state index contributed by atoms with van der Waals surface area (Å²) in [5, 5.41) is 9.73. The van der Waals surface area contributed by atoms with Crippen molar-refractivity contribution in [3.8, 4) is 0 Å². The van der Waals surface area contributed by atoms with E-state index < -0.39 is 0 Å². The van der Waals surface area contributed by atoms with Crippen LogP contribution in [0.4, 0.5) is 0 Å². The van der Waals surface area contributed by atoms with Crippen LogP contribution in [0.25, 0.3) is 5.52 Å². The van der Waals surface area contributed by atoms with E-state index >= 15 is 0 Å². The minimum Gasteiger partial charge on any atom is -0.307 e. The Bertz CT molecular complexity index is 600. The number of hydrogen-bond donors (Lipinski definition) is 1. The van der Waals surface area contributed by atoms with Gasteiger partial charge >= 0.3 is 0 Å². The minimum atomic E-state index is 0.799. The van der Waals surface area contributed by atoms with Crippen LogP contribution in [0.1, 0.15) is 11.3 Å². The number of aromatic nitrogens is 3. The van der Waals surface area contributed by atoms with Crippen LogP contribution in [-0.2, 0) is 13.1 Å². The van der Waals surface area contributed by atoms with E-state index in [1.165, 1.54) is 5.56 Å². The van der Waals surface area contributed by atoms with Crippen LogP contribution in [0.3, 0.4) is 0 Å². The highest BCUT2D eigenvalue weighted by Crippen LogP contribution is 2.09. The van der Waals surface area contributed by atoms with Crippen molar-refractivity contribution >= 4 is 16.9 Å². The average Bonchev–Trinajstić information content (AvgIpc) is 2.99. The molecule has 0 aromatic carbocycles. The van der Waals surface area contributed by atoms with E-state index in [9.17, 15) is 0 Å². The van der Waals surface area contributed by atoms with E-state index in [4.69, 9.17) is 0 Å². The van der Waals surface area contributed by atoms with Crippen LogP contribution in [0, 0.1) is 0 Å². The van der Waals surface area contributed by atoms with Gasteiger partial charge in [0.05, 0.1) is 22.9 Å². The van der Waals surface area contributed by atoms with Crippen molar-refractivity contribution in [3.63, 3.8) is 0 Å². The lowest BCUT2D eigenvalue weighted by atomic mass is 10.2. The number of pyridine rings is 1. The van der Waals surface area contributed by atoms with Gasteiger partial charge in [-0.15, -0.1) is 11.3 Å². The molecule has 0 aliphatic carbocycles. The summed E-state index contributed by atoms with van der Waals surface area (Å²) < 4.78 is 1.89. The van der Waals surface area contributed by atoms with Gasteiger partial charge in [0.1, 0.15) is 0 Å². The Morgan fingerprint density at radius 3 is 3.18 bits per heavy atom. The Labute approximate surface area is 103 Å². The lowest BCUT2D eigenvalue weighted by molar-refractivity contribution is 0.685. The Kier molecular flexibility index (Phi) is 2.85. The largest absolute Gasteiger partial charge is 0.307 e. The van der Waals surface area contributed by atoms with Gasteiger partial charge in [-0.3, -0.25) is 0 Å². The van der Waals surface area contributed by atoms with Gasteiger partial charge in [0.2, 0.25) is 0 Å². The molecule has 1 N–H and O–H groups in total. The molecule has 3 aromatic heterocycles. The van der Waals surface area contributed by atoms with E-state index in [0.717, 1.165) is 24.3 Å². The smallest absolute Gasteiger partial charge is 0.0795 e. The first kappa shape index (κ1) is 10.4. The second-order valence-corrected chi connectivity index (χ2v) is 4.50. The highest BCUT2D eigenvalue weighted by Gasteiger charge is 2.02. The van der Waals surface area contributed by atoms with Crippen LogP contribution in [-0.4, -0.2) is 14.6 Å². The van der Waals surface area contributed by atoms with Gasteiger partial charge in [-0.2, -0.15) is 5.10 Å². The summed E-state index contributed by atoms with van der Waals surface area (Å²) >= 11 is 1.62. The number of rotatable bonds is 4. The van der Waals surface area contributed by atoms with Gasteiger partial charge in [-0.25, -0.2) is 9.50 Å². The second-order valence-electron chi connectivity index (χ2n) is 3.78. The molecular formula is C12H12N4S. The molecule has 0 bridgehead atoms. The van der Waals surface area contributed by atoms with Gasteiger partial charge in [-0.1, -0.05) is 6.07 Å². The normalized spacial score (nSPS) is 11.1.